The van der Waals surface area contributed by atoms with E-state index in [0.29, 0.717) is 11.4 Å². The van der Waals surface area contributed by atoms with Crippen molar-refractivity contribution in [1.82, 2.24) is 0 Å². The van der Waals surface area contributed by atoms with Gasteiger partial charge in [0.05, 0.1) is 0 Å². The second-order valence-corrected chi connectivity index (χ2v) is 3.54. The Labute approximate surface area is 89.4 Å². The first kappa shape index (κ1) is 11.0. The Morgan fingerprint density at radius 1 is 1.36 bits per heavy atom. The maximum Gasteiger partial charge on any atom is 0.155 e. The van der Waals surface area contributed by atoms with Gasteiger partial charge in [-0.05, 0) is 30.2 Å². The number of benzene rings is 1. The van der Waals surface area contributed by atoms with E-state index in [1.54, 1.807) is 6.08 Å². The number of allylic oxidation sites excluding steroid dienone is 1. The first-order valence-electron chi connectivity index (χ1n) is 4.69. The highest BCUT2D eigenvalue weighted by molar-refractivity contribution is 6.30. The van der Waals surface area contributed by atoms with Crippen LogP contribution in [0, 0.1) is 0 Å². The van der Waals surface area contributed by atoms with E-state index < -0.39 is 0 Å². The van der Waals surface area contributed by atoms with Crippen molar-refractivity contribution in [2.45, 2.75) is 19.8 Å². The highest BCUT2D eigenvalue weighted by Gasteiger charge is 1.93. The Morgan fingerprint density at radius 2 is 2.00 bits per heavy atom. The molecule has 0 bridgehead atoms. The fourth-order valence-corrected chi connectivity index (χ4v) is 1.22. The van der Waals surface area contributed by atoms with E-state index in [2.05, 4.69) is 0 Å². The van der Waals surface area contributed by atoms with E-state index in [9.17, 15) is 4.79 Å². The van der Waals surface area contributed by atoms with Gasteiger partial charge in [-0.25, -0.2) is 0 Å². The molecule has 0 N–H and O–H groups in total. The molecule has 0 saturated heterocycles. The van der Waals surface area contributed by atoms with Crippen LogP contribution < -0.4 is 0 Å². The lowest BCUT2D eigenvalue weighted by Crippen LogP contribution is -1.89. The van der Waals surface area contributed by atoms with Gasteiger partial charge in [-0.1, -0.05) is 36.7 Å². The Morgan fingerprint density at radius 3 is 2.57 bits per heavy atom. The van der Waals surface area contributed by atoms with Crippen molar-refractivity contribution in [3.05, 3.63) is 40.9 Å². The second-order valence-electron chi connectivity index (χ2n) is 3.10. The summed E-state index contributed by atoms with van der Waals surface area (Å²) in [4.78, 5) is 11.2. The zero-order chi connectivity index (χ0) is 10.4. The van der Waals surface area contributed by atoms with Gasteiger partial charge in [-0.15, -0.1) is 0 Å². The van der Waals surface area contributed by atoms with Crippen molar-refractivity contribution in [3.63, 3.8) is 0 Å². The van der Waals surface area contributed by atoms with Gasteiger partial charge in [0.25, 0.3) is 0 Å². The van der Waals surface area contributed by atoms with E-state index in [4.69, 9.17) is 11.6 Å². The van der Waals surface area contributed by atoms with Crippen molar-refractivity contribution < 1.29 is 4.79 Å². The van der Waals surface area contributed by atoms with Crippen LogP contribution in [0.3, 0.4) is 0 Å². The molecule has 0 amide bonds. The summed E-state index contributed by atoms with van der Waals surface area (Å²) in [7, 11) is 0. The smallest absolute Gasteiger partial charge is 0.155 e. The molecule has 1 rings (SSSR count). The fourth-order valence-electron chi connectivity index (χ4n) is 1.09. The largest absolute Gasteiger partial charge is 0.295 e. The summed E-state index contributed by atoms with van der Waals surface area (Å²) in [5, 5.41) is 0.710. The normalized spacial score (nSPS) is 10.7. The lowest BCUT2D eigenvalue weighted by atomic mass is 10.1. The highest BCUT2D eigenvalue weighted by Crippen LogP contribution is 2.10. The molecule has 0 heterocycles. The molecule has 0 saturated carbocycles. The summed E-state index contributed by atoms with van der Waals surface area (Å²) in [5.41, 5.74) is 0.999. The molecule has 0 unspecified atom stereocenters. The molecular formula is C12H13ClO. The van der Waals surface area contributed by atoms with Crippen LogP contribution in [-0.4, -0.2) is 5.78 Å². The molecule has 0 spiro atoms. The van der Waals surface area contributed by atoms with E-state index in [0.717, 1.165) is 12.0 Å². The summed E-state index contributed by atoms with van der Waals surface area (Å²) in [6.45, 7) is 1.99. The quantitative estimate of drug-likeness (QED) is 0.690. The minimum absolute atomic E-state index is 0.169. The number of rotatable bonds is 4. The van der Waals surface area contributed by atoms with Gasteiger partial charge in [-0.3, -0.25) is 4.79 Å². The van der Waals surface area contributed by atoms with Crippen molar-refractivity contribution in [2.24, 2.45) is 0 Å². The summed E-state index contributed by atoms with van der Waals surface area (Å²) < 4.78 is 0. The molecule has 0 radical (unpaired) electrons. The number of ketones is 1. The average Bonchev–Trinajstić information content (AvgIpc) is 2.17. The summed E-state index contributed by atoms with van der Waals surface area (Å²) in [6.07, 6.45) is 4.94. The third kappa shape index (κ3) is 3.75. The molecule has 14 heavy (non-hydrogen) atoms. The second kappa shape index (κ2) is 5.61. The third-order valence-electron chi connectivity index (χ3n) is 1.83. The maximum absolute atomic E-state index is 11.2. The van der Waals surface area contributed by atoms with Crippen LogP contribution >= 0.6 is 11.6 Å². The molecule has 0 aromatic heterocycles. The molecule has 0 atom stereocenters. The SMILES string of the molecule is CCCC(=O)C=Cc1ccc(Cl)cc1. The number of hydrogen-bond donors (Lipinski definition) is 0. The highest BCUT2D eigenvalue weighted by atomic mass is 35.5. The number of halogens is 1. The number of hydrogen-bond acceptors (Lipinski definition) is 1. The van der Waals surface area contributed by atoms with Crippen LogP contribution in [-0.2, 0) is 4.79 Å². The molecule has 0 aliphatic carbocycles. The van der Waals surface area contributed by atoms with E-state index >= 15 is 0 Å². The topological polar surface area (TPSA) is 17.1 Å². The summed E-state index contributed by atoms with van der Waals surface area (Å²) in [6, 6.07) is 7.40. The lowest BCUT2D eigenvalue weighted by Gasteiger charge is -1.93. The molecule has 1 aromatic rings. The minimum Gasteiger partial charge on any atom is -0.295 e. The molecular weight excluding hydrogens is 196 g/mol. The molecule has 0 aliphatic rings. The van der Waals surface area contributed by atoms with E-state index in [-0.39, 0.29) is 5.78 Å². The van der Waals surface area contributed by atoms with Crippen molar-refractivity contribution >= 4 is 23.5 Å². The Hall–Kier alpha value is -1.08. The summed E-state index contributed by atoms with van der Waals surface area (Å²) in [5.74, 6) is 0.169. The van der Waals surface area contributed by atoms with Crippen LogP contribution in [0.25, 0.3) is 6.08 Å². The Bertz CT molecular complexity index is 325. The van der Waals surface area contributed by atoms with Gasteiger partial charge in [0, 0.05) is 11.4 Å². The van der Waals surface area contributed by atoms with E-state index in [1.165, 1.54) is 0 Å². The van der Waals surface area contributed by atoms with Crippen LogP contribution in [0.15, 0.2) is 30.3 Å². The van der Waals surface area contributed by atoms with Crippen LogP contribution in [0.5, 0.6) is 0 Å². The van der Waals surface area contributed by atoms with Crippen LogP contribution in [0.1, 0.15) is 25.3 Å². The number of carbonyl (C=O) groups excluding carboxylic acids is 1. The van der Waals surface area contributed by atoms with Gasteiger partial charge in [0.1, 0.15) is 0 Å². The monoisotopic (exact) mass is 208 g/mol. The molecule has 2 heteroatoms. The van der Waals surface area contributed by atoms with E-state index in [1.807, 2.05) is 37.3 Å². The molecule has 1 aromatic carbocycles. The predicted octanol–water partition coefficient (Wildman–Crippen LogP) is 3.72. The maximum atomic E-state index is 11.2. The minimum atomic E-state index is 0.169. The lowest BCUT2D eigenvalue weighted by molar-refractivity contribution is -0.114. The first-order valence-corrected chi connectivity index (χ1v) is 5.06. The Balaban J connectivity index is 2.60. The standard InChI is InChI=1S/C12H13ClO/c1-2-3-12(14)9-6-10-4-7-11(13)8-5-10/h4-9H,2-3H2,1H3. The third-order valence-corrected chi connectivity index (χ3v) is 2.08. The van der Waals surface area contributed by atoms with Crippen LogP contribution in [0.2, 0.25) is 5.02 Å². The van der Waals surface area contributed by atoms with Crippen LogP contribution in [0.4, 0.5) is 0 Å². The Kier molecular flexibility index (Phi) is 4.41. The molecule has 0 aliphatic heterocycles. The number of carbonyl (C=O) groups is 1. The average molecular weight is 209 g/mol. The first-order chi connectivity index (χ1) is 6.72. The van der Waals surface area contributed by atoms with Gasteiger partial charge in [0.2, 0.25) is 0 Å². The van der Waals surface area contributed by atoms with Gasteiger partial charge in [0.15, 0.2) is 5.78 Å². The van der Waals surface area contributed by atoms with Crippen molar-refractivity contribution in [3.8, 4) is 0 Å². The molecule has 74 valence electrons. The molecule has 0 fully saturated rings. The predicted molar refractivity (Wildman–Crippen MR) is 60.4 cm³/mol. The molecule has 1 nitrogen and oxygen atoms in total. The van der Waals surface area contributed by atoms with Gasteiger partial charge >= 0.3 is 0 Å². The van der Waals surface area contributed by atoms with Gasteiger partial charge < -0.3 is 0 Å². The zero-order valence-electron chi connectivity index (χ0n) is 8.16. The summed E-state index contributed by atoms with van der Waals surface area (Å²) >= 11 is 5.73. The fraction of sp³-hybridized carbons (Fsp3) is 0.250. The van der Waals surface area contributed by atoms with Crippen molar-refractivity contribution in [2.75, 3.05) is 0 Å². The van der Waals surface area contributed by atoms with Gasteiger partial charge in [-0.2, -0.15) is 0 Å². The zero-order valence-corrected chi connectivity index (χ0v) is 8.92. The van der Waals surface area contributed by atoms with Crippen molar-refractivity contribution in [1.29, 1.82) is 0 Å².